The molecule has 25 heavy (non-hydrogen) atoms. The zero-order chi connectivity index (χ0) is 18.1. The topological polar surface area (TPSA) is 159 Å². The van der Waals surface area contributed by atoms with Gasteiger partial charge in [0.25, 0.3) is 0 Å². The Balaban J connectivity index is 2.13. The molecule has 1 spiro atoms. The van der Waals surface area contributed by atoms with Crippen molar-refractivity contribution in [3.8, 4) is 0 Å². The zero-order valence-electron chi connectivity index (χ0n) is 13.8. The van der Waals surface area contributed by atoms with Gasteiger partial charge in [0, 0.05) is 23.4 Å². The maximum absolute atomic E-state index is 12.7. The number of methoxy groups -OCH3 is 1. The summed E-state index contributed by atoms with van der Waals surface area (Å²) in [6.07, 6.45) is 0.564. The highest BCUT2D eigenvalue weighted by Crippen LogP contribution is 2.65. The van der Waals surface area contributed by atoms with Crippen molar-refractivity contribution in [3.05, 3.63) is 20.9 Å². The number of amides is 2. The second-order valence-corrected chi connectivity index (χ2v) is 6.64. The average molecular weight is 350 g/mol. The zero-order valence-corrected chi connectivity index (χ0v) is 13.8. The van der Waals surface area contributed by atoms with E-state index in [4.69, 9.17) is 25.3 Å². The van der Waals surface area contributed by atoms with Gasteiger partial charge in [-0.3, -0.25) is 9.59 Å². The fourth-order valence-corrected chi connectivity index (χ4v) is 4.56. The van der Waals surface area contributed by atoms with Crippen molar-refractivity contribution >= 4 is 11.8 Å². The fraction of sp³-hybridized carbons (Fsp3) is 0.857. The molecular weight excluding hydrogens is 332 g/mol. The van der Waals surface area contributed by atoms with E-state index in [1.54, 1.807) is 0 Å². The molecule has 2 bridgehead atoms. The van der Waals surface area contributed by atoms with Gasteiger partial charge in [0.2, 0.25) is 11.8 Å². The third-order valence-electron chi connectivity index (χ3n) is 5.78. The highest BCUT2D eigenvalue weighted by atomic mass is 16.7. The highest BCUT2D eigenvalue weighted by molar-refractivity contribution is 5.89. The molecule has 2 amide bonds. The van der Waals surface area contributed by atoms with Crippen LogP contribution < -0.4 is 0 Å². The number of ether oxygens (including phenoxy) is 3. The molecule has 11 nitrogen and oxygen atoms in total. The van der Waals surface area contributed by atoms with E-state index in [-0.39, 0.29) is 25.7 Å². The van der Waals surface area contributed by atoms with Crippen molar-refractivity contribution in [2.24, 2.45) is 21.1 Å². The summed E-state index contributed by atoms with van der Waals surface area (Å²) in [5.74, 6) is -2.71. The minimum Gasteiger partial charge on any atom is -0.380 e. The minimum absolute atomic E-state index is 0.0169. The standard InChI is InChI=1S/C14H18N6O5/c1-23-9-7-13(11(22)18-20-16)4-3-12(9,10(21)17-19-15)8-14(13)24-5-2-6-25-14/h9H,2-8H2,1H3/t9-,12+,13-/m0/s1. The Labute approximate surface area is 142 Å². The summed E-state index contributed by atoms with van der Waals surface area (Å²) in [6, 6.07) is 0. The van der Waals surface area contributed by atoms with Crippen LogP contribution in [0.1, 0.15) is 32.1 Å². The van der Waals surface area contributed by atoms with E-state index in [9.17, 15) is 9.59 Å². The second-order valence-electron chi connectivity index (χ2n) is 6.64. The molecule has 0 N–H and O–H groups in total. The molecule has 1 heterocycles. The van der Waals surface area contributed by atoms with Crippen LogP contribution in [0.15, 0.2) is 10.2 Å². The van der Waals surface area contributed by atoms with Crippen LogP contribution in [0.5, 0.6) is 0 Å². The van der Waals surface area contributed by atoms with E-state index in [1.807, 2.05) is 0 Å². The first-order chi connectivity index (χ1) is 12.0. The molecule has 0 unspecified atom stereocenters. The predicted octanol–water partition coefficient (Wildman–Crippen LogP) is 2.37. The highest BCUT2D eigenvalue weighted by Gasteiger charge is 2.73. The number of rotatable bonds is 3. The van der Waals surface area contributed by atoms with Gasteiger partial charge in [0.15, 0.2) is 5.79 Å². The first-order valence-electron chi connectivity index (χ1n) is 8.00. The summed E-state index contributed by atoms with van der Waals surface area (Å²) in [7, 11) is 1.43. The van der Waals surface area contributed by atoms with Gasteiger partial charge in [-0.2, -0.15) is 0 Å². The second kappa shape index (κ2) is 6.29. The van der Waals surface area contributed by atoms with Gasteiger partial charge in [0.05, 0.1) is 30.1 Å². The van der Waals surface area contributed by atoms with Crippen LogP contribution in [0.3, 0.4) is 0 Å². The molecule has 3 atom stereocenters. The third kappa shape index (κ3) is 2.32. The largest absolute Gasteiger partial charge is 0.380 e. The molecule has 1 aliphatic heterocycles. The number of carbonyl (C=O) groups is 2. The molecular formula is C14H18N6O5. The predicted molar refractivity (Wildman–Crippen MR) is 81.7 cm³/mol. The molecule has 3 aliphatic carbocycles. The molecule has 0 aromatic carbocycles. The van der Waals surface area contributed by atoms with Crippen molar-refractivity contribution in [2.75, 3.05) is 20.3 Å². The number of hydrogen-bond acceptors (Lipinski definition) is 5. The van der Waals surface area contributed by atoms with E-state index in [0.29, 0.717) is 19.6 Å². The molecule has 134 valence electrons. The molecule has 4 rings (SSSR count). The molecule has 0 aromatic heterocycles. The van der Waals surface area contributed by atoms with E-state index < -0.39 is 34.5 Å². The number of carbonyl (C=O) groups excluding carboxylic acids is 2. The lowest BCUT2D eigenvalue weighted by molar-refractivity contribution is -0.366. The molecule has 3 saturated carbocycles. The van der Waals surface area contributed by atoms with E-state index in [0.717, 1.165) is 0 Å². The van der Waals surface area contributed by atoms with Crippen molar-refractivity contribution in [1.29, 1.82) is 0 Å². The Morgan fingerprint density at radius 2 is 1.76 bits per heavy atom. The molecule has 4 aliphatic rings. The summed E-state index contributed by atoms with van der Waals surface area (Å²) in [4.78, 5) is 30.5. The van der Waals surface area contributed by atoms with Crippen LogP contribution in [0.2, 0.25) is 0 Å². The first-order valence-corrected chi connectivity index (χ1v) is 8.00. The quantitative estimate of drug-likeness (QED) is 0.433. The summed E-state index contributed by atoms with van der Waals surface area (Å²) >= 11 is 0. The molecule has 4 fully saturated rings. The van der Waals surface area contributed by atoms with Gasteiger partial charge >= 0.3 is 0 Å². The van der Waals surface area contributed by atoms with Gasteiger partial charge < -0.3 is 14.2 Å². The van der Waals surface area contributed by atoms with Crippen molar-refractivity contribution < 1.29 is 23.8 Å². The Kier molecular flexibility index (Phi) is 4.44. The Hall–Kier alpha value is -2.16. The van der Waals surface area contributed by atoms with Crippen LogP contribution in [0.4, 0.5) is 0 Å². The molecule has 11 heteroatoms. The lowest BCUT2D eigenvalue weighted by Crippen LogP contribution is -2.71. The Morgan fingerprint density at radius 3 is 2.36 bits per heavy atom. The van der Waals surface area contributed by atoms with E-state index in [1.165, 1.54) is 7.11 Å². The van der Waals surface area contributed by atoms with Crippen molar-refractivity contribution in [1.82, 2.24) is 0 Å². The van der Waals surface area contributed by atoms with Crippen LogP contribution in [-0.4, -0.2) is 44.0 Å². The van der Waals surface area contributed by atoms with Gasteiger partial charge in [-0.1, -0.05) is 0 Å². The van der Waals surface area contributed by atoms with E-state index >= 15 is 0 Å². The number of fused-ring (bicyclic) bond motifs is 2. The number of azide groups is 2. The summed E-state index contributed by atoms with van der Waals surface area (Å²) < 4.78 is 17.3. The van der Waals surface area contributed by atoms with Gasteiger partial charge in [0.1, 0.15) is 0 Å². The SMILES string of the molecule is CO[C@H]1C[C@]2(C(=O)N=[N+]=[N-])CC[C@@]1(C(=O)N=[N+]=[N-])CC21OCCCO1. The minimum atomic E-state index is -1.38. The lowest BCUT2D eigenvalue weighted by atomic mass is 9.48. The average Bonchev–Trinajstić information content (AvgIpc) is 2.63. The van der Waals surface area contributed by atoms with Crippen molar-refractivity contribution in [2.45, 2.75) is 44.0 Å². The monoisotopic (exact) mass is 350 g/mol. The first kappa shape index (κ1) is 17.7. The maximum atomic E-state index is 12.7. The lowest BCUT2D eigenvalue weighted by Gasteiger charge is -2.63. The summed E-state index contributed by atoms with van der Waals surface area (Å²) in [5, 5.41) is 6.58. The van der Waals surface area contributed by atoms with Crippen LogP contribution >= 0.6 is 0 Å². The number of nitrogens with zero attached hydrogens (tertiary/aromatic N) is 6. The van der Waals surface area contributed by atoms with Crippen LogP contribution in [-0.2, 0) is 23.8 Å². The third-order valence-corrected chi connectivity index (χ3v) is 5.78. The fourth-order valence-electron chi connectivity index (χ4n) is 4.56. The summed E-state index contributed by atoms with van der Waals surface area (Å²) in [6.45, 7) is 0.712. The van der Waals surface area contributed by atoms with Gasteiger partial charge in [-0.05, 0) is 47.0 Å². The summed E-state index contributed by atoms with van der Waals surface area (Å²) in [5.41, 5.74) is 15.1. The van der Waals surface area contributed by atoms with E-state index in [2.05, 4.69) is 20.1 Å². The Bertz CT molecular complexity index is 694. The molecule has 1 saturated heterocycles. The Morgan fingerprint density at radius 1 is 1.12 bits per heavy atom. The molecule has 0 radical (unpaired) electrons. The molecule has 0 aromatic rings. The van der Waals surface area contributed by atoms with Crippen LogP contribution in [0, 0.1) is 10.8 Å². The number of hydrogen-bond donors (Lipinski definition) is 0. The smallest absolute Gasteiger partial charge is 0.230 e. The van der Waals surface area contributed by atoms with Gasteiger partial charge in [-0.25, -0.2) is 0 Å². The maximum Gasteiger partial charge on any atom is 0.230 e. The van der Waals surface area contributed by atoms with Crippen LogP contribution in [0.25, 0.3) is 20.9 Å². The van der Waals surface area contributed by atoms with Gasteiger partial charge in [-0.15, -0.1) is 0 Å². The van der Waals surface area contributed by atoms with Crippen molar-refractivity contribution in [3.63, 3.8) is 0 Å². The normalized spacial score (nSPS) is 35.5.